The van der Waals surface area contributed by atoms with Crippen LogP contribution in [-0.4, -0.2) is 32.6 Å². The van der Waals surface area contributed by atoms with E-state index in [9.17, 15) is 9.59 Å². The highest BCUT2D eigenvalue weighted by atomic mass is 16.5. The number of carbonyl (C=O) groups excluding carboxylic acids is 2. The SMILES string of the molecule is C=CCNC(=O)C1(C(=O)Nc2ccc(OC)c(OC)c2)CC1. The van der Waals surface area contributed by atoms with E-state index in [0.29, 0.717) is 36.6 Å². The second kappa shape index (κ2) is 6.51. The molecule has 0 radical (unpaired) electrons. The van der Waals surface area contributed by atoms with E-state index in [2.05, 4.69) is 17.2 Å². The lowest BCUT2D eigenvalue weighted by Gasteiger charge is -2.16. The fourth-order valence-electron chi connectivity index (χ4n) is 2.18. The van der Waals surface area contributed by atoms with Crippen LogP contribution in [0.25, 0.3) is 0 Å². The van der Waals surface area contributed by atoms with Crippen LogP contribution < -0.4 is 20.1 Å². The third-order valence-electron chi connectivity index (χ3n) is 3.67. The average Bonchev–Trinajstić information content (AvgIpc) is 3.34. The van der Waals surface area contributed by atoms with Crippen LogP contribution in [-0.2, 0) is 9.59 Å². The van der Waals surface area contributed by atoms with Crippen molar-refractivity contribution in [3.8, 4) is 11.5 Å². The zero-order valence-corrected chi connectivity index (χ0v) is 12.8. The van der Waals surface area contributed by atoms with Crippen molar-refractivity contribution in [1.29, 1.82) is 0 Å². The molecule has 0 aromatic heterocycles. The number of benzene rings is 1. The van der Waals surface area contributed by atoms with E-state index in [4.69, 9.17) is 9.47 Å². The Labute approximate surface area is 129 Å². The average molecular weight is 304 g/mol. The third kappa shape index (κ3) is 3.05. The first-order valence-electron chi connectivity index (χ1n) is 7.00. The maximum absolute atomic E-state index is 12.4. The Bertz CT molecular complexity index is 594. The Kier molecular flexibility index (Phi) is 4.70. The number of nitrogens with one attached hydrogen (secondary N) is 2. The molecule has 6 heteroatoms. The predicted octanol–water partition coefficient (Wildman–Crippen LogP) is 1.72. The zero-order chi connectivity index (χ0) is 16.2. The maximum atomic E-state index is 12.4. The van der Waals surface area contributed by atoms with Crippen LogP contribution in [0.1, 0.15) is 12.8 Å². The van der Waals surface area contributed by atoms with E-state index < -0.39 is 5.41 Å². The summed E-state index contributed by atoms with van der Waals surface area (Å²) in [6.45, 7) is 3.89. The molecule has 0 aliphatic heterocycles. The minimum absolute atomic E-state index is 0.259. The first-order valence-corrected chi connectivity index (χ1v) is 7.00. The second-order valence-corrected chi connectivity index (χ2v) is 5.10. The van der Waals surface area contributed by atoms with E-state index in [1.165, 1.54) is 7.11 Å². The molecule has 2 N–H and O–H groups in total. The Hall–Kier alpha value is -2.50. The van der Waals surface area contributed by atoms with Crippen molar-refractivity contribution >= 4 is 17.5 Å². The molecule has 2 rings (SSSR count). The van der Waals surface area contributed by atoms with Crippen LogP contribution in [0.3, 0.4) is 0 Å². The molecule has 1 aliphatic carbocycles. The highest BCUT2D eigenvalue weighted by Gasteiger charge is 2.56. The van der Waals surface area contributed by atoms with Crippen molar-refractivity contribution in [3.05, 3.63) is 30.9 Å². The van der Waals surface area contributed by atoms with Gasteiger partial charge in [0.15, 0.2) is 11.5 Å². The highest BCUT2D eigenvalue weighted by Crippen LogP contribution is 2.47. The van der Waals surface area contributed by atoms with Gasteiger partial charge in [0.25, 0.3) is 0 Å². The summed E-state index contributed by atoms with van der Waals surface area (Å²) >= 11 is 0. The summed E-state index contributed by atoms with van der Waals surface area (Å²) in [6.07, 6.45) is 2.68. The van der Waals surface area contributed by atoms with E-state index in [0.717, 1.165) is 0 Å². The summed E-state index contributed by atoms with van der Waals surface area (Å²) in [5.74, 6) is 0.526. The normalized spacial score (nSPS) is 14.6. The molecular weight excluding hydrogens is 284 g/mol. The van der Waals surface area contributed by atoms with Crippen molar-refractivity contribution < 1.29 is 19.1 Å². The standard InChI is InChI=1S/C16H20N2O4/c1-4-9-17-14(19)16(7-8-16)15(20)18-11-5-6-12(21-2)13(10-11)22-3/h4-6,10H,1,7-9H2,2-3H3,(H,17,19)(H,18,20). The number of hydrogen-bond acceptors (Lipinski definition) is 4. The lowest BCUT2D eigenvalue weighted by Crippen LogP contribution is -2.40. The number of hydrogen-bond donors (Lipinski definition) is 2. The Balaban J connectivity index is 2.09. The highest BCUT2D eigenvalue weighted by molar-refractivity contribution is 6.13. The summed E-state index contributed by atoms with van der Waals surface area (Å²) in [7, 11) is 3.06. The maximum Gasteiger partial charge on any atom is 0.240 e. The number of ether oxygens (including phenoxy) is 2. The van der Waals surface area contributed by atoms with Crippen LogP contribution in [0.4, 0.5) is 5.69 Å². The molecule has 2 amide bonds. The fraction of sp³-hybridized carbons (Fsp3) is 0.375. The largest absolute Gasteiger partial charge is 0.493 e. The molecule has 6 nitrogen and oxygen atoms in total. The Morgan fingerprint density at radius 1 is 1.23 bits per heavy atom. The van der Waals surface area contributed by atoms with Crippen LogP contribution in [0, 0.1) is 5.41 Å². The molecule has 1 aliphatic rings. The van der Waals surface area contributed by atoms with Crippen LogP contribution >= 0.6 is 0 Å². The van der Waals surface area contributed by atoms with Crippen LogP contribution in [0.2, 0.25) is 0 Å². The van der Waals surface area contributed by atoms with Gasteiger partial charge in [0.1, 0.15) is 5.41 Å². The van der Waals surface area contributed by atoms with Gasteiger partial charge in [0, 0.05) is 18.3 Å². The number of anilines is 1. The van der Waals surface area contributed by atoms with Crippen molar-refractivity contribution in [1.82, 2.24) is 5.32 Å². The summed E-state index contributed by atoms with van der Waals surface area (Å²) in [6, 6.07) is 5.07. The second-order valence-electron chi connectivity index (χ2n) is 5.10. The Morgan fingerprint density at radius 3 is 2.45 bits per heavy atom. The molecule has 1 fully saturated rings. The first-order chi connectivity index (χ1) is 10.6. The summed E-state index contributed by atoms with van der Waals surface area (Å²) in [5, 5.41) is 5.45. The monoisotopic (exact) mass is 304 g/mol. The zero-order valence-electron chi connectivity index (χ0n) is 12.8. The molecule has 0 saturated heterocycles. The molecule has 1 saturated carbocycles. The van der Waals surface area contributed by atoms with Gasteiger partial charge >= 0.3 is 0 Å². The van der Waals surface area contributed by atoms with Crippen molar-refractivity contribution in [3.63, 3.8) is 0 Å². The number of carbonyl (C=O) groups is 2. The van der Waals surface area contributed by atoms with Crippen LogP contribution in [0.5, 0.6) is 11.5 Å². The summed E-state index contributed by atoms with van der Waals surface area (Å²) in [5.41, 5.74) is -0.402. The van der Waals surface area contributed by atoms with E-state index >= 15 is 0 Å². The van der Waals surface area contributed by atoms with Gasteiger partial charge in [-0.15, -0.1) is 6.58 Å². The quantitative estimate of drug-likeness (QED) is 0.594. The molecule has 22 heavy (non-hydrogen) atoms. The smallest absolute Gasteiger partial charge is 0.240 e. The minimum atomic E-state index is -0.962. The topological polar surface area (TPSA) is 76.7 Å². The van der Waals surface area contributed by atoms with Crippen LogP contribution in [0.15, 0.2) is 30.9 Å². The molecular formula is C16H20N2O4. The Morgan fingerprint density at radius 2 is 1.91 bits per heavy atom. The number of amides is 2. The molecule has 0 bridgehead atoms. The lowest BCUT2D eigenvalue weighted by atomic mass is 10.0. The van der Waals surface area contributed by atoms with E-state index in [1.807, 2.05) is 0 Å². The first kappa shape index (κ1) is 15.9. The van der Waals surface area contributed by atoms with Gasteiger partial charge in [-0.3, -0.25) is 9.59 Å². The van der Waals surface area contributed by atoms with E-state index in [-0.39, 0.29) is 11.8 Å². The minimum Gasteiger partial charge on any atom is -0.493 e. The summed E-state index contributed by atoms with van der Waals surface area (Å²) < 4.78 is 10.3. The third-order valence-corrected chi connectivity index (χ3v) is 3.67. The fourth-order valence-corrected chi connectivity index (χ4v) is 2.18. The number of rotatable bonds is 7. The lowest BCUT2D eigenvalue weighted by molar-refractivity contribution is -0.134. The van der Waals surface area contributed by atoms with Gasteiger partial charge in [0.05, 0.1) is 14.2 Å². The van der Waals surface area contributed by atoms with Gasteiger partial charge < -0.3 is 20.1 Å². The predicted molar refractivity (Wildman–Crippen MR) is 83.0 cm³/mol. The molecule has 0 unspecified atom stereocenters. The number of methoxy groups -OCH3 is 2. The summed E-state index contributed by atoms with van der Waals surface area (Å²) in [4.78, 5) is 24.5. The molecule has 118 valence electrons. The molecule has 1 aromatic rings. The van der Waals surface area contributed by atoms with Gasteiger partial charge in [-0.05, 0) is 25.0 Å². The van der Waals surface area contributed by atoms with Crippen molar-refractivity contribution in [2.45, 2.75) is 12.8 Å². The van der Waals surface area contributed by atoms with Gasteiger partial charge in [-0.2, -0.15) is 0 Å². The molecule has 0 heterocycles. The molecule has 1 aromatic carbocycles. The van der Waals surface area contributed by atoms with E-state index in [1.54, 1.807) is 31.4 Å². The molecule has 0 spiro atoms. The molecule has 0 atom stereocenters. The van der Waals surface area contributed by atoms with Gasteiger partial charge in [-0.1, -0.05) is 6.08 Å². The van der Waals surface area contributed by atoms with Gasteiger partial charge in [0.2, 0.25) is 11.8 Å². The van der Waals surface area contributed by atoms with Crippen molar-refractivity contribution in [2.24, 2.45) is 5.41 Å². The van der Waals surface area contributed by atoms with Crippen molar-refractivity contribution in [2.75, 3.05) is 26.1 Å². The van der Waals surface area contributed by atoms with Gasteiger partial charge in [-0.25, -0.2) is 0 Å².